The van der Waals surface area contributed by atoms with Crippen LogP contribution in [0.4, 0.5) is 5.69 Å². The molecule has 280 valence electrons. The van der Waals surface area contributed by atoms with E-state index < -0.39 is 22.0 Å². The van der Waals surface area contributed by atoms with Crippen molar-refractivity contribution in [2.24, 2.45) is 0 Å². The quantitative estimate of drug-likeness (QED) is 0.102. The van der Waals surface area contributed by atoms with Crippen LogP contribution in [-0.4, -0.2) is 105 Å². The van der Waals surface area contributed by atoms with E-state index in [2.05, 4.69) is 16.3 Å². The van der Waals surface area contributed by atoms with Crippen molar-refractivity contribution in [3.8, 4) is 5.75 Å². The summed E-state index contributed by atoms with van der Waals surface area (Å²) in [5, 5.41) is 3.67. The number of rotatable bonds is 17. The second kappa shape index (κ2) is 20.1. The largest absolute Gasteiger partial charge is 1.00 e. The Hall–Kier alpha value is -2.69. The minimum Gasteiger partial charge on any atom is -1.00 e. The van der Waals surface area contributed by atoms with Crippen molar-refractivity contribution < 1.29 is 72.5 Å². The smallest absolute Gasteiger partial charge is 1.00 e. The summed E-state index contributed by atoms with van der Waals surface area (Å²) in [6, 6.07) is 11.6. The number of hydrogen-bond acceptors (Lipinski definition) is 10. The van der Waals surface area contributed by atoms with Gasteiger partial charge < -0.3 is 30.8 Å². The van der Waals surface area contributed by atoms with E-state index >= 15 is 0 Å². The first-order valence-corrected chi connectivity index (χ1v) is 19.4. The third-order valence-corrected chi connectivity index (χ3v) is 10.1. The molecular formula is C36H48ClN4NaO9S. The molecule has 0 aliphatic carbocycles. The molecular weight excluding hydrogens is 723 g/mol. The van der Waals surface area contributed by atoms with Crippen LogP contribution in [0.2, 0.25) is 5.02 Å². The Kier molecular flexibility index (Phi) is 16.3. The molecule has 5 rings (SSSR count). The van der Waals surface area contributed by atoms with Gasteiger partial charge in [-0.15, -0.1) is 0 Å². The molecule has 2 aromatic rings. The van der Waals surface area contributed by atoms with Crippen molar-refractivity contribution in [1.82, 2.24) is 15.1 Å². The van der Waals surface area contributed by atoms with Crippen molar-refractivity contribution in [2.45, 2.75) is 64.1 Å². The Morgan fingerprint density at radius 3 is 2.48 bits per heavy atom. The first-order chi connectivity index (χ1) is 24.4. The summed E-state index contributed by atoms with van der Waals surface area (Å²) in [5.41, 5.74) is 4.60. The monoisotopic (exact) mass is 770 g/mol. The second-order valence-electron chi connectivity index (χ2n) is 13.2. The third-order valence-electron chi connectivity index (χ3n) is 9.12. The summed E-state index contributed by atoms with van der Waals surface area (Å²) in [5.74, 6) is -0.465. The van der Waals surface area contributed by atoms with Gasteiger partial charge in [0.25, 0.3) is 10.1 Å². The van der Waals surface area contributed by atoms with Crippen LogP contribution in [0, 0.1) is 0 Å². The molecule has 3 aliphatic heterocycles. The first-order valence-electron chi connectivity index (χ1n) is 17.4. The summed E-state index contributed by atoms with van der Waals surface area (Å²) in [7, 11) is -2.62. The van der Waals surface area contributed by atoms with E-state index in [-0.39, 0.29) is 74.8 Å². The molecule has 1 saturated heterocycles. The average Bonchev–Trinajstić information content (AvgIpc) is 3.10. The fourth-order valence-corrected chi connectivity index (χ4v) is 6.95. The number of ether oxygens (including phenoxy) is 3. The standard InChI is InChI=1S/C36H47ClN4O9S.Na.H/c1-39(14-17-51(45,46)47)33(42)6-4-2-3-5-7-34(43)49-25-31-24-41-23-29(36(44)38-21-26-8-10-30(37)11-9-26)20-28-18-27(19-32(50-31)35(28)41)22-40-12-15-48-16-13-40;;/h8-11,18-19,23,31H,2-7,12-17,20-22,24-25H2,1H3,(H,38,44)(H,45,46,47);;/q;+1;-1. The van der Waals surface area contributed by atoms with Crippen LogP contribution < -0.4 is 44.5 Å². The molecule has 1 fully saturated rings. The predicted molar refractivity (Wildman–Crippen MR) is 193 cm³/mol. The number of nitrogens with zero attached hydrogens (tertiary/aromatic N) is 3. The van der Waals surface area contributed by atoms with Crippen LogP contribution in [0.3, 0.4) is 0 Å². The van der Waals surface area contributed by atoms with Crippen molar-refractivity contribution in [2.75, 3.05) is 63.7 Å². The maximum Gasteiger partial charge on any atom is 1.00 e. The van der Waals surface area contributed by atoms with Crippen molar-refractivity contribution in [3.05, 3.63) is 69.9 Å². The van der Waals surface area contributed by atoms with Crippen LogP contribution in [0.15, 0.2) is 48.2 Å². The maximum atomic E-state index is 13.4. The molecule has 16 heteroatoms. The van der Waals surface area contributed by atoms with Gasteiger partial charge in [-0.05, 0) is 47.7 Å². The number of benzene rings is 2. The van der Waals surface area contributed by atoms with E-state index in [0.717, 1.165) is 54.9 Å². The molecule has 0 spiro atoms. The fraction of sp³-hybridized carbons (Fsp3) is 0.528. The number of halogens is 1. The molecule has 2 aromatic carbocycles. The predicted octanol–water partition coefficient (Wildman–Crippen LogP) is 0.843. The Labute approximate surface area is 334 Å². The Morgan fingerprint density at radius 2 is 1.77 bits per heavy atom. The van der Waals surface area contributed by atoms with Crippen LogP contribution in [-0.2, 0) is 53.5 Å². The van der Waals surface area contributed by atoms with Gasteiger partial charge in [0.15, 0.2) is 6.10 Å². The number of morpholine rings is 1. The second-order valence-corrected chi connectivity index (χ2v) is 15.2. The first kappa shape index (κ1) is 42.1. The van der Waals surface area contributed by atoms with Gasteiger partial charge in [-0.1, -0.05) is 42.6 Å². The van der Waals surface area contributed by atoms with E-state index in [9.17, 15) is 22.8 Å². The molecule has 52 heavy (non-hydrogen) atoms. The van der Waals surface area contributed by atoms with Crippen molar-refractivity contribution in [1.29, 1.82) is 0 Å². The van der Waals surface area contributed by atoms with E-state index in [1.807, 2.05) is 29.3 Å². The molecule has 3 heterocycles. The van der Waals surface area contributed by atoms with E-state index in [1.165, 1.54) is 11.9 Å². The SMILES string of the molecule is CN(CCS(=O)(=O)O)C(=O)CCCCCCC(=O)OCC1CN2C=C(C(=O)NCc3ccc(Cl)cc3)Cc3cc(CN4CCOCC4)cc(c32)O1.[H-].[Na+]. The number of amides is 2. The van der Waals surface area contributed by atoms with Crippen molar-refractivity contribution in [3.63, 3.8) is 0 Å². The van der Waals surface area contributed by atoms with Gasteiger partial charge in [0, 0.05) is 75.8 Å². The normalized spacial score (nSPS) is 16.9. The van der Waals surface area contributed by atoms with Gasteiger partial charge in [0.05, 0.1) is 31.2 Å². The summed E-state index contributed by atoms with van der Waals surface area (Å²) in [6.07, 6.45) is 5.09. The summed E-state index contributed by atoms with van der Waals surface area (Å²) < 4.78 is 48.2. The van der Waals surface area contributed by atoms with Crippen LogP contribution in [0.1, 0.15) is 56.6 Å². The van der Waals surface area contributed by atoms with E-state index in [1.54, 1.807) is 12.1 Å². The summed E-state index contributed by atoms with van der Waals surface area (Å²) in [6.45, 7) is 4.57. The number of carbonyl (C=O) groups is 3. The molecule has 2 N–H and O–H groups in total. The van der Waals surface area contributed by atoms with Crippen LogP contribution in [0.5, 0.6) is 5.75 Å². The van der Waals surface area contributed by atoms with Gasteiger partial charge >= 0.3 is 35.5 Å². The maximum absolute atomic E-state index is 13.4. The molecule has 0 aromatic heterocycles. The zero-order chi connectivity index (χ0) is 36.4. The van der Waals surface area contributed by atoms with Gasteiger partial charge in [0.2, 0.25) is 11.8 Å². The minimum absolute atomic E-state index is 0. The minimum atomic E-state index is -4.12. The molecule has 3 aliphatic rings. The van der Waals surface area contributed by atoms with Gasteiger partial charge in [-0.3, -0.25) is 23.8 Å². The van der Waals surface area contributed by atoms with Gasteiger partial charge in [0.1, 0.15) is 12.4 Å². The van der Waals surface area contributed by atoms with Crippen molar-refractivity contribution >= 4 is 45.2 Å². The molecule has 13 nitrogen and oxygen atoms in total. The molecule has 0 bridgehead atoms. The Balaban J connectivity index is 0.00000378. The topological polar surface area (TPSA) is 155 Å². The number of esters is 1. The summed E-state index contributed by atoms with van der Waals surface area (Å²) in [4.78, 5) is 43.9. The number of hydrogen-bond donors (Lipinski definition) is 2. The fourth-order valence-electron chi connectivity index (χ4n) is 6.32. The van der Waals surface area contributed by atoms with E-state index in [4.69, 9.17) is 30.4 Å². The summed E-state index contributed by atoms with van der Waals surface area (Å²) >= 11 is 6.02. The number of anilines is 1. The molecule has 0 radical (unpaired) electrons. The van der Waals surface area contributed by atoms with Crippen LogP contribution >= 0.6 is 11.6 Å². The Bertz CT molecular complexity index is 1690. The van der Waals surface area contributed by atoms with Gasteiger partial charge in [-0.2, -0.15) is 8.42 Å². The molecule has 1 unspecified atom stereocenters. The number of carbonyl (C=O) groups excluding carboxylic acids is 3. The number of unbranched alkanes of at least 4 members (excludes halogenated alkanes) is 3. The third kappa shape index (κ3) is 13.0. The van der Waals surface area contributed by atoms with Gasteiger partial charge in [-0.25, -0.2) is 0 Å². The Morgan fingerprint density at radius 1 is 1.06 bits per heavy atom. The molecule has 1 atom stereocenters. The van der Waals surface area contributed by atoms with Crippen LogP contribution in [0.25, 0.3) is 0 Å². The van der Waals surface area contributed by atoms with E-state index in [0.29, 0.717) is 61.9 Å². The molecule has 0 saturated carbocycles. The average molecular weight is 771 g/mol. The zero-order valence-corrected chi connectivity index (χ0v) is 33.6. The molecule has 2 amide bonds. The zero-order valence-electron chi connectivity index (χ0n) is 31.0. The number of nitrogens with one attached hydrogen (secondary N) is 1.